The first-order chi connectivity index (χ1) is 21.3. The van der Waals surface area contributed by atoms with Gasteiger partial charge in [-0.2, -0.15) is 0 Å². The second kappa shape index (κ2) is 15.2. The first-order valence-corrected chi connectivity index (χ1v) is 14.9. The number of ether oxygens (including phenoxy) is 6. The van der Waals surface area contributed by atoms with Crippen molar-refractivity contribution < 1.29 is 28.4 Å². The minimum absolute atomic E-state index is 0.385. The van der Waals surface area contributed by atoms with Gasteiger partial charge in [0.15, 0.2) is 23.0 Å². The van der Waals surface area contributed by atoms with E-state index in [9.17, 15) is 0 Å². The van der Waals surface area contributed by atoms with E-state index in [1.165, 1.54) is 0 Å². The highest BCUT2D eigenvalue weighted by atomic mass is 16.5. The summed E-state index contributed by atoms with van der Waals surface area (Å²) in [6, 6.07) is 20.6. The number of fused-ring (bicyclic) bond motifs is 1. The van der Waals surface area contributed by atoms with Crippen LogP contribution in [0.1, 0.15) is 49.9 Å². The molecule has 0 radical (unpaired) electrons. The smallest absolute Gasteiger partial charge is 0.203 e. The van der Waals surface area contributed by atoms with Crippen molar-refractivity contribution in [2.45, 2.75) is 27.7 Å². The van der Waals surface area contributed by atoms with Gasteiger partial charge in [-0.15, -0.1) is 0 Å². The zero-order valence-electron chi connectivity index (χ0n) is 27.1. The third-order valence-electron chi connectivity index (χ3n) is 6.99. The van der Waals surface area contributed by atoms with Crippen molar-refractivity contribution in [3.63, 3.8) is 0 Å². The summed E-state index contributed by atoms with van der Waals surface area (Å²) in [4.78, 5) is 0. The van der Waals surface area contributed by atoms with E-state index in [-0.39, 0.29) is 0 Å². The molecule has 0 N–H and O–H groups in total. The van der Waals surface area contributed by atoms with Crippen LogP contribution in [0.15, 0.2) is 60.7 Å². The van der Waals surface area contributed by atoms with Crippen LogP contribution in [-0.4, -0.2) is 41.7 Å². The molecule has 232 valence electrons. The number of hydrogen-bond acceptors (Lipinski definition) is 6. The highest BCUT2D eigenvalue weighted by Gasteiger charge is 2.16. The Bertz CT molecular complexity index is 1450. The van der Waals surface area contributed by atoms with Gasteiger partial charge in [-0.05, 0) is 69.1 Å². The minimum Gasteiger partial charge on any atom is -0.493 e. The van der Waals surface area contributed by atoms with Crippen LogP contribution in [0.3, 0.4) is 0 Å². The first kappa shape index (κ1) is 32.3. The van der Waals surface area contributed by atoms with Crippen LogP contribution in [0.5, 0.6) is 34.5 Å². The van der Waals surface area contributed by atoms with Crippen molar-refractivity contribution in [2.24, 2.45) is 11.8 Å². The van der Waals surface area contributed by atoms with Crippen LogP contribution in [0.25, 0.3) is 35.1 Å². The van der Waals surface area contributed by atoms with Gasteiger partial charge >= 0.3 is 0 Å². The van der Waals surface area contributed by atoms with Gasteiger partial charge in [0.1, 0.15) is 0 Å². The third-order valence-corrected chi connectivity index (χ3v) is 6.99. The zero-order chi connectivity index (χ0) is 31.6. The fourth-order valence-electron chi connectivity index (χ4n) is 4.79. The van der Waals surface area contributed by atoms with Crippen LogP contribution in [0, 0.1) is 11.8 Å². The molecule has 4 rings (SSSR count). The fraction of sp³-hybridized carbons (Fsp3) is 0.316. The molecule has 0 amide bonds. The van der Waals surface area contributed by atoms with Gasteiger partial charge < -0.3 is 28.4 Å². The number of hydrogen-bond donors (Lipinski definition) is 0. The van der Waals surface area contributed by atoms with Crippen LogP contribution in [-0.2, 0) is 0 Å². The molecule has 0 spiro atoms. The molecule has 6 heteroatoms. The highest BCUT2D eigenvalue weighted by Crippen LogP contribution is 2.41. The average Bonchev–Trinajstić information content (AvgIpc) is 3.03. The molecule has 0 heterocycles. The molecule has 0 aliphatic rings. The molecule has 4 aromatic carbocycles. The average molecular weight is 597 g/mol. The highest BCUT2D eigenvalue weighted by molar-refractivity contribution is 5.99. The Labute approximate surface area is 261 Å². The maximum absolute atomic E-state index is 6.01. The first-order valence-electron chi connectivity index (χ1n) is 14.9. The normalized spacial score (nSPS) is 11.6. The largest absolute Gasteiger partial charge is 0.493 e. The summed E-state index contributed by atoms with van der Waals surface area (Å²) >= 11 is 0. The summed E-state index contributed by atoms with van der Waals surface area (Å²) in [7, 11) is 6.58. The Hall–Kier alpha value is -4.58. The molecule has 0 bridgehead atoms. The maximum Gasteiger partial charge on any atom is 0.203 e. The fourth-order valence-corrected chi connectivity index (χ4v) is 4.79. The lowest BCUT2D eigenvalue weighted by molar-refractivity contribution is 0.243. The predicted molar refractivity (Wildman–Crippen MR) is 182 cm³/mol. The lowest BCUT2D eigenvalue weighted by Crippen LogP contribution is -2.07. The van der Waals surface area contributed by atoms with Crippen molar-refractivity contribution in [1.29, 1.82) is 0 Å². The molecule has 0 fully saturated rings. The van der Waals surface area contributed by atoms with E-state index >= 15 is 0 Å². The van der Waals surface area contributed by atoms with Crippen LogP contribution >= 0.6 is 0 Å². The Morgan fingerprint density at radius 2 is 0.841 bits per heavy atom. The number of benzene rings is 4. The van der Waals surface area contributed by atoms with Crippen LogP contribution < -0.4 is 28.4 Å². The van der Waals surface area contributed by atoms with E-state index in [2.05, 4.69) is 88.4 Å². The van der Waals surface area contributed by atoms with Crippen LogP contribution in [0.4, 0.5) is 0 Å². The van der Waals surface area contributed by atoms with Crippen molar-refractivity contribution in [3.8, 4) is 34.5 Å². The zero-order valence-corrected chi connectivity index (χ0v) is 27.1. The van der Waals surface area contributed by atoms with E-state index in [4.69, 9.17) is 28.4 Å². The Balaban J connectivity index is 1.65. The van der Waals surface area contributed by atoms with Gasteiger partial charge in [0, 0.05) is 0 Å². The van der Waals surface area contributed by atoms with Gasteiger partial charge in [0.05, 0.1) is 41.7 Å². The summed E-state index contributed by atoms with van der Waals surface area (Å²) in [6.45, 7) is 9.59. The number of rotatable bonds is 14. The summed E-state index contributed by atoms with van der Waals surface area (Å²) in [5, 5.41) is 2.30. The monoisotopic (exact) mass is 596 g/mol. The maximum atomic E-state index is 6.01. The molecule has 44 heavy (non-hydrogen) atoms. The molecular formula is C38H44O6. The summed E-state index contributed by atoms with van der Waals surface area (Å²) < 4.78 is 34.6. The molecule has 4 aromatic rings. The Morgan fingerprint density at radius 1 is 0.500 bits per heavy atom. The van der Waals surface area contributed by atoms with Gasteiger partial charge in [0.2, 0.25) is 11.5 Å². The molecule has 0 unspecified atom stereocenters. The SMILES string of the molecule is COc1cc(C=Cc2ccc(C=Cc3cc(OC)c(OCC(C)C)c(OC)c3)c3ccccc23)cc(OC)c1OCC(C)C. The molecule has 0 saturated carbocycles. The summed E-state index contributed by atoms with van der Waals surface area (Å²) in [6.07, 6.45) is 8.36. The Morgan fingerprint density at radius 3 is 1.14 bits per heavy atom. The molecule has 0 aliphatic carbocycles. The van der Waals surface area contributed by atoms with Crippen molar-refractivity contribution in [2.75, 3.05) is 41.7 Å². The molecule has 0 atom stereocenters. The molecule has 0 saturated heterocycles. The summed E-state index contributed by atoms with van der Waals surface area (Å²) in [5.41, 5.74) is 4.11. The lowest BCUT2D eigenvalue weighted by Gasteiger charge is -2.16. The number of methoxy groups -OCH3 is 4. The second-order valence-corrected chi connectivity index (χ2v) is 11.4. The molecule has 0 aliphatic heterocycles. The summed E-state index contributed by atoms with van der Waals surface area (Å²) in [5.74, 6) is 4.58. The lowest BCUT2D eigenvalue weighted by atomic mass is 9.98. The molecule has 6 nitrogen and oxygen atoms in total. The van der Waals surface area contributed by atoms with Crippen molar-refractivity contribution in [3.05, 3.63) is 82.9 Å². The second-order valence-electron chi connectivity index (χ2n) is 11.4. The topological polar surface area (TPSA) is 55.4 Å². The third kappa shape index (κ3) is 7.87. The van der Waals surface area contributed by atoms with Gasteiger partial charge in [0.25, 0.3) is 0 Å². The molecule has 0 aromatic heterocycles. The van der Waals surface area contributed by atoms with Gasteiger partial charge in [-0.25, -0.2) is 0 Å². The van der Waals surface area contributed by atoms with Crippen molar-refractivity contribution in [1.82, 2.24) is 0 Å². The van der Waals surface area contributed by atoms with Gasteiger partial charge in [-0.1, -0.05) is 88.4 Å². The quantitative estimate of drug-likeness (QED) is 0.135. The van der Waals surface area contributed by atoms with E-state index in [0.717, 1.165) is 33.0 Å². The predicted octanol–water partition coefficient (Wildman–Crippen LogP) is 9.28. The molecular weight excluding hydrogens is 552 g/mol. The Kier molecular flexibility index (Phi) is 11.2. The standard InChI is InChI=1S/C38H44O6/c1-25(2)23-43-37-33(39-5)19-27(20-34(37)40-6)13-15-29-17-18-30(32-12-10-9-11-31(29)32)16-14-28-21-35(41-7)38(36(22-28)42-8)44-24-26(3)4/h9-22,25-26H,23-24H2,1-8H3. The minimum atomic E-state index is 0.385. The van der Waals surface area contributed by atoms with Gasteiger partial charge in [-0.3, -0.25) is 0 Å². The van der Waals surface area contributed by atoms with E-state index in [1.54, 1.807) is 28.4 Å². The van der Waals surface area contributed by atoms with Crippen molar-refractivity contribution >= 4 is 35.1 Å². The van der Waals surface area contributed by atoms with Crippen LogP contribution in [0.2, 0.25) is 0 Å². The van der Waals surface area contributed by atoms with E-state index < -0.39 is 0 Å². The van der Waals surface area contributed by atoms with E-state index in [0.29, 0.717) is 59.5 Å². The van der Waals surface area contributed by atoms with E-state index in [1.807, 2.05) is 24.3 Å².